The van der Waals surface area contributed by atoms with Crippen molar-refractivity contribution in [1.82, 2.24) is 20.4 Å². The molecule has 0 saturated carbocycles. The summed E-state index contributed by atoms with van der Waals surface area (Å²) in [6.07, 6.45) is 0.473. The molecule has 3 aromatic rings. The number of amides is 4. The van der Waals surface area contributed by atoms with Crippen LogP contribution in [0.1, 0.15) is 39.1 Å². The molecule has 2 aliphatic heterocycles. The molecule has 2 aromatic carbocycles. The standard InChI is InChI=1S/C21H17N5O5/c27-17-6-5-16(20(30)23-17)26-9-11-7-12(2-3-13(11)21(26)31)22-18(28)10-1-4-15-14(8-10)19(29)25-24-15/h1-4,7-8,16H,5-6,9H2,(H,22,28)(H,23,27,30)(H2,24,25,29). The van der Waals surface area contributed by atoms with Gasteiger partial charge in [0.15, 0.2) is 0 Å². The van der Waals surface area contributed by atoms with E-state index in [-0.39, 0.29) is 36.8 Å². The van der Waals surface area contributed by atoms with E-state index in [1.54, 1.807) is 30.3 Å². The lowest BCUT2D eigenvalue weighted by Crippen LogP contribution is -2.52. The van der Waals surface area contributed by atoms with Crippen LogP contribution < -0.4 is 16.2 Å². The van der Waals surface area contributed by atoms with E-state index in [4.69, 9.17) is 0 Å². The van der Waals surface area contributed by atoms with Crippen LogP contribution in [0.2, 0.25) is 0 Å². The maximum absolute atomic E-state index is 12.7. The Morgan fingerprint density at radius 3 is 2.68 bits per heavy atom. The first-order valence-corrected chi connectivity index (χ1v) is 9.70. The van der Waals surface area contributed by atoms with Gasteiger partial charge in [-0.3, -0.25) is 39.5 Å². The van der Waals surface area contributed by atoms with Crippen molar-refractivity contribution in [3.8, 4) is 0 Å². The number of nitrogens with one attached hydrogen (secondary N) is 4. The summed E-state index contributed by atoms with van der Waals surface area (Å²) in [6, 6.07) is 8.97. The van der Waals surface area contributed by atoms with E-state index in [2.05, 4.69) is 20.8 Å². The van der Waals surface area contributed by atoms with Crippen LogP contribution in [0.3, 0.4) is 0 Å². The molecule has 4 amide bonds. The number of piperidine rings is 1. The molecular formula is C21H17N5O5. The van der Waals surface area contributed by atoms with Crippen molar-refractivity contribution in [2.24, 2.45) is 0 Å². The zero-order chi connectivity index (χ0) is 21.7. The fraction of sp³-hybridized carbons (Fsp3) is 0.190. The van der Waals surface area contributed by atoms with Crippen LogP contribution in [0.15, 0.2) is 41.2 Å². The molecule has 1 unspecified atom stereocenters. The lowest BCUT2D eigenvalue weighted by atomic mass is 10.0. The zero-order valence-corrected chi connectivity index (χ0v) is 16.2. The Kier molecular flexibility index (Phi) is 4.21. The number of hydrogen-bond acceptors (Lipinski definition) is 5. The number of nitrogens with zero attached hydrogens (tertiary/aromatic N) is 1. The van der Waals surface area contributed by atoms with Crippen LogP contribution in [-0.2, 0) is 16.1 Å². The second kappa shape index (κ2) is 6.94. The number of benzene rings is 2. The number of fused-ring (bicyclic) bond motifs is 2. The predicted molar refractivity (Wildman–Crippen MR) is 109 cm³/mol. The summed E-state index contributed by atoms with van der Waals surface area (Å²) in [4.78, 5) is 62.1. The summed E-state index contributed by atoms with van der Waals surface area (Å²) in [5, 5.41) is 10.6. The second-order valence-corrected chi connectivity index (χ2v) is 7.57. The molecule has 4 N–H and O–H groups in total. The van der Waals surface area contributed by atoms with Crippen molar-refractivity contribution in [1.29, 1.82) is 0 Å². The molecule has 31 heavy (non-hydrogen) atoms. The van der Waals surface area contributed by atoms with Gasteiger partial charge in [-0.1, -0.05) is 0 Å². The highest BCUT2D eigenvalue weighted by Gasteiger charge is 2.39. The predicted octanol–water partition coefficient (Wildman–Crippen LogP) is 0.870. The van der Waals surface area contributed by atoms with Crippen molar-refractivity contribution >= 4 is 40.2 Å². The Bertz CT molecular complexity index is 1340. The monoisotopic (exact) mass is 419 g/mol. The van der Waals surface area contributed by atoms with E-state index in [0.29, 0.717) is 33.3 Å². The number of carbonyl (C=O) groups excluding carboxylic acids is 4. The average molecular weight is 419 g/mol. The minimum Gasteiger partial charge on any atom is -0.322 e. The molecule has 1 atom stereocenters. The molecule has 5 rings (SSSR count). The topological polar surface area (TPSA) is 144 Å². The molecule has 3 heterocycles. The number of H-pyrrole nitrogens is 2. The Labute approximate surface area is 174 Å². The Balaban J connectivity index is 1.35. The summed E-state index contributed by atoms with van der Waals surface area (Å²) in [7, 11) is 0. The van der Waals surface area contributed by atoms with E-state index < -0.39 is 17.9 Å². The fourth-order valence-electron chi connectivity index (χ4n) is 4.03. The van der Waals surface area contributed by atoms with Crippen LogP contribution in [0.25, 0.3) is 10.9 Å². The van der Waals surface area contributed by atoms with E-state index >= 15 is 0 Å². The maximum Gasteiger partial charge on any atom is 0.271 e. The molecule has 1 fully saturated rings. The highest BCUT2D eigenvalue weighted by Crippen LogP contribution is 2.29. The van der Waals surface area contributed by atoms with Crippen molar-refractivity contribution in [2.75, 3.05) is 5.32 Å². The van der Waals surface area contributed by atoms with Gasteiger partial charge in [-0.2, -0.15) is 0 Å². The third kappa shape index (κ3) is 3.18. The number of aromatic amines is 2. The summed E-state index contributed by atoms with van der Waals surface area (Å²) in [6.45, 7) is 0.217. The molecule has 1 aromatic heterocycles. The van der Waals surface area contributed by atoms with E-state index in [0.717, 1.165) is 0 Å². The molecule has 10 nitrogen and oxygen atoms in total. The third-order valence-electron chi connectivity index (χ3n) is 5.62. The lowest BCUT2D eigenvalue weighted by Gasteiger charge is -2.29. The highest BCUT2D eigenvalue weighted by atomic mass is 16.2. The Hall–Kier alpha value is -4.21. The van der Waals surface area contributed by atoms with Gasteiger partial charge in [0.2, 0.25) is 11.8 Å². The normalized spacial score (nSPS) is 18.3. The number of anilines is 1. The summed E-state index contributed by atoms with van der Waals surface area (Å²) >= 11 is 0. The number of aromatic nitrogens is 2. The van der Waals surface area contributed by atoms with Gasteiger partial charge in [-0.15, -0.1) is 0 Å². The summed E-state index contributed by atoms with van der Waals surface area (Å²) in [5.74, 6) is -1.48. The molecule has 0 radical (unpaired) electrons. The van der Waals surface area contributed by atoms with Gasteiger partial charge in [-0.05, 0) is 48.4 Å². The lowest BCUT2D eigenvalue weighted by molar-refractivity contribution is -0.136. The molecular weight excluding hydrogens is 402 g/mol. The molecule has 0 bridgehead atoms. The molecule has 0 aliphatic carbocycles. The second-order valence-electron chi connectivity index (χ2n) is 7.57. The largest absolute Gasteiger partial charge is 0.322 e. The van der Waals surface area contributed by atoms with E-state index in [1.807, 2.05) is 0 Å². The van der Waals surface area contributed by atoms with Gasteiger partial charge >= 0.3 is 0 Å². The van der Waals surface area contributed by atoms with Crippen LogP contribution >= 0.6 is 0 Å². The van der Waals surface area contributed by atoms with Crippen molar-refractivity contribution in [3.63, 3.8) is 0 Å². The molecule has 0 spiro atoms. The van der Waals surface area contributed by atoms with Gasteiger partial charge in [0.1, 0.15) is 6.04 Å². The maximum atomic E-state index is 12.7. The van der Waals surface area contributed by atoms with Gasteiger partial charge in [0.25, 0.3) is 17.4 Å². The number of carbonyl (C=O) groups is 4. The quantitative estimate of drug-likeness (QED) is 0.466. The van der Waals surface area contributed by atoms with Gasteiger partial charge in [-0.25, -0.2) is 0 Å². The SMILES string of the molecule is O=C1CCC(N2Cc3cc(NC(=O)c4ccc5[nH][nH]c(=O)c5c4)ccc3C2=O)C(=O)N1. The summed E-state index contributed by atoms with van der Waals surface area (Å²) in [5.41, 5.74) is 2.25. The van der Waals surface area contributed by atoms with Crippen molar-refractivity contribution in [2.45, 2.75) is 25.4 Å². The molecule has 1 saturated heterocycles. The zero-order valence-electron chi connectivity index (χ0n) is 16.2. The summed E-state index contributed by atoms with van der Waals surface area (Å²) < 4.78 is 0. The average Bonchev–Trinajstić information content (AvgIpc) is 3.27. The van der Waals surface area contributed by atoms with Gasteiger partial charge in [0, 0.05) is 29.8 Å². The van der Waals surface area contributed by atoms with Crippen molar-refractivity contribution < 1.29 is 19.2 Å². The van der Waals surface area contributed by atoms with Gasteiger partial charge in [0.05, 0.1) is 10.9 Å². The fourth-order valence-corrected chi connectivity index (χ4v) is 4.03. The molecule has 2 aliphatic rings. The van der Waals surface area contributed by atoms with Crippen LogP contribution in [0, 0.1) is 0 Å². The first-order valence-electron chi connectivity index (χ1n) is 9.70. The number of imide groups is 1. The van der Waals surface area contributed by atoms with E-state index in [1.165, 1.54) is 11.0 Å². The first-order chi connectivity index (χ1) is 14.9. The van der Waals surface area contributed by atoms with E-state index in [9.17, 15) is 24.0 Å². The smallest absolute Gasteiger partial charge is 0.271 e. The Morgan fingerprint density at radius 1 is 1.03 bits per heavy atom. The first kappa shape index (κ1) is 18.8. The van der Waals surface area contributed by atoms with Crippen LogP contribution in [-0.4, -0.2) is 44.8 Å². The van der Waals surface area contributed by atoms with Crippen LogP contribution in [0.5, 0.6) is 0 Å². The minimum absolute atomic E-state index is 0.187. The molecule has 156 valence electrons. The minimum atomic E-state index is -0.693. The van der Waals surface area contributed by atoms with Gasteiger partial charge < -0.3 is 10.2 Å². The van der Waals surface area contributed by atoms with Crippen LogP contribution in [0.4, 0.5) is 5.69 Å². The molecule has 10 heteroatoms. The number of hydrogen-bond donors (Lipinski definition) is 4. The third-order valence-corrected chi connectivity index (χ3v) is 5.62. The number of rotatable bonds is 3. The Morgan fingerprint density at radius 2 is 1.87 bits per heavy atom. The van der Waals surface area contributed by atoms with Crippen molar-refractivity contribution in [3.05, 3.63) is 63.4 Å². The highest BCUT2D eigenvalue weighted by molar-refractivity contribution is 6.08.